The van der Waals surface area contributed by atoms with Gasteiger partial charge in [0.1, 0.15) is 5.82 Å². The van der Waals surface area contributed by atoms with Crippen molar-refractivity contribution in [3.05, 3.63) is 66.0 Å². The SMILES string of the molecule is CN(C)S(=O)(=O)n1cc(CC2(C(F)(F)F)CC2)nc1C=C(c1ccc(-n2cccn2)cc1)C(F)(F)F. The first-order valence-corrected chi connectivity index (χ1v) is 12.0. The van der Waals surface area contributed by atoms with Gasteiger partial charge in [-0.25, -0.2) is 13.6 Å². The Morgan fingerprint density at radius 1 is 1.11 bits per heavy atom. The third kappa shape index (κ3) is 4.91. The van der Waals surface area contributed by atoms with E-state index < -0.39 is 45.8 Å². The maximum absolute atomic E-state index is 14.1. The first-order valence-electron chi connectivity index (χ1n) is 10.6. The van der Waals surface area contributed by atoms with Gasteiger partial charge in [-0.1, -0.05) is 12.1 Å². The summed E-state index contributed by atoms with van der Waals surface area (Å²) in [6.45, 7) is 0. The van der Waals surface area contributed by atoms with Gasteiger partial charge in [-0.2, -0.15) is 44.2 Å². The van der Waals surface area contributed by atoms with Crippen molar-refractivity contribution in [2.24, 2.45) is 5.41 Å². The highest BCUT2D eigenvalue weighted by Gasteiger charge is 2.63. The van der Waals surface area contributed by atoms with E-state index in [0.29, 0.717) is 15.7 Å². The largest absolute Gasteiger partial charge is 0.417 e. The quantitative estimate of drug-likeness (QED) is 0.413. The number of nitrogens with zero attached hydrogens (tertiary/aromatic N) is 5. The van der Waals surface area contributed by atoms with E-state index in [1.165, 1.54) is 35.1 Å². The summed E-state index contributed by atoms with van der Waals surface area (Å²) >= 11 is 0. The lowest BCUT2D eigenvalue weighted by Gasteiger charge is -2.17. The summed E-state index contributed by atoms with van der Waals surface area (Å²) in [5, 5.41) is 4.00. The number of benzene rings is 1. The number of hydrogen-bond donors (Lipinski definition) is 0. The number of alkyl halides is 6. The van der Waals surface area contributed by atoms with Gasteiger partial charge in [0.25, 0.3) is 0 Å². The predicted octanol–water partition coefficient (Wildman–Crippen LogP) is 4.71. The van der Waals surface area contributed by atoms with Crippen LogP contribution in [0.2, 0.25) is 0 Å². The maximum Gasteiger partial charge on any atom is 0.417 e. The van der Waals surface area contributed by atoms with Crippen molar-refractivity contribution in [2.75, 3.05) is 14.1 Å². The number of halogens is 6. The summed E-state index contributed by atoms with van der Waals surface area (Å²) in [6.07, 6.45) is -5.93. The normalized spacial score (nSPS) is 16.5. The van der Waals surface area contributed by atoms with E-state index >= 15 is 0 Å². The van der Waals surface area contributed by atoms with E-state index in [9.17, 15) is 34.8 Å². The second-order valence-electron chi connectivity index (χ2n) is 8.68. The molecular weight excluding hydrogens is 512 g/mol. The molecule has 0 amide bonds. The number of allylic oxidation sites excluding steroid dienone is 1. The monoisotopic (exact) mass is 533 g/mol. The molecule has 14 heteroatoms. The molecule has 0 atom stereocenters. The molecule has 0 spiro atoms. The van der Waals surface area contributed by atoms with E-state index in [4.69, 9.17) is 0 Å². The third-order valence-electron chi connectivity index (χ3n) is 5.96. The Kier molecular flexibility index (Phi) is 6.32. The van der Waals surface area contributed by atoms with Gasteiger partial charge in [0.05, 0.1) is 22.4 Å². The minimum atomic E-state index is -4.92. The van der Waals surface area contributed by atoms with Gasteiger partial charge in [0.2, 0.25) is 0 Å². The zero-order valence-corrected chi connectivity index (χ0v) is 19.9. The highest BCUT2D eigenvalue weighted by atomic mass is 32.2. The predicted molar refractivity (Wildman–Crippen MR) is 119 cm³/mol. The summed E-state index contributed by atoms with van der Waals surface area (Å²) in [5.74, 6) is -0.653. The Hall–Kier alpha value is -3.13. The third-order valence-corrected chi connectivity index (χ3v) is 7.67. The molecule has 3 aromatic rings. The van der Waals surface area contributed by atoms with Gasteiger partial charge in [0.15, 0.2) is 0 Å². The van der Waals surface area contributed by atoms with Crippen LogP contribution in [0.25, 0.3) is 17.3 Å². The smallest absolute Gasteiger partial charge is 0.241 e. The van der Waals surface area contributed by atoms with Crippen LogP contribution in [0.15, 0.2) is 48.9 Å². The lowest BCUT2D eigenvalue weighted by molar-refractivity contribution is -0.186. The molecule has 2 heterocycles. The Morgan fingerprint density at radius 2 is 1.75 bits per heavy atom. The van der Waals surface area contributed by atoms with E-state index in [2.05, 4.69) is 10.1 Å². The minimum absolute atomic E-state index is 0.161. The Morgan fingerprint density at radius 3 is 2.22 bits per heavy atom. The van der Waals surface area contributed by atoms with Crippen LogP contribution in [0, 0.1) is 5.41 Å². The second kappa shape index (κ2) is 8.76. The van der Waals surface area contributed by atoms with Crippen LogP contribution in [0.5, 0.6) is 0 Å². The summed E-state index contributed by atoms with van der Waals surface area (Å²) in [6, 6.07) is 6.82. The highest BCUT2D eigenvalue weighted by molar-refractivity contribution is 7.87. The first-order chi connectivity index (χ1) is 16.6. The van der Waals surface area contributed by atoms with Gasteiger partial charge in [0, 0.05) is 39.1 Å². The minimum Gasteiger partial charge on any atom is -0.241 e. The molecule has 194 valence electrons. The lowest BCUT2D eigenvalue weighted by atomic mass is 10.0. The highest BCUT2D eigenvalue weighted by Crippen LogP contribution is 2.59. The molecule has 0 aliphatic heterocycles. The summed E-state index contributed by atoms with van der Waals surface area (Å²) in [7, 11) is -2.08. The van der Waals surface area contributed by atoms with Crippen molar-refractivity contribution in [2.45, 2.75) is 31.6 Å². The van der Waals surface area contributed by atoms with Crippen molar-refractivity contribution in [1.82, 2.24) is 23.0 Å². The average Bonchev–Trinajstić information content (AvgIpc) is 3.19. The first kappa shape index (κ1) is 25.9. The van der Waals surface area contributed by atoms with Crippen LogP contribution < -0.4 is 0 Å². The van der Waals surface area contributed by atoms with Gasteiger partial charge in [-0.05, 0) is 42.7 Å². The molecule has 0 bridgehead atoms. The van der Waals surface area contributed by atoms with Crippen molar-refractivity contribution in [3.63, 3.8) is 0 Å². The van der Waals surface area contributed by atoms with Gasteiger partial charge < -0.3 is 0 Å². The molecule has 1 aromatic carbocycles. The van der Waals surface area contributed by atoms with Gasteiger partial charge in [-0.15, -0.1) is 0 Å². The zero-order valence-electron chi connectivity index (χ0n) is 19.0. The second-order valence-corrected chi connectivity index (χ2v) is 10.7. The molecule has 36 heavy (non-hydrogen) atoms. The number of rotatable bonds is 7. The van der Waals surface area contributed by atoms with Crippen LogP contribution in [0.4, 0.5) is 26.3 Å². The van der Waals surface area contributed by atoms with E-state index in [0.717, 1.165) is 24.6 Å². The summed E-state index contributed by atoms with van der Waals surface area (Å²) in [4.78, 5) is 3.90. The van der Waals surface area contributed by atoms with Crippen LogP contribution >= 0.6 is 0 Å². The van der Waals surface area contributed by atoms with E-state index in [1.807, 2.05) is 0 Å². The van der Waals surface area contributed by atoms with Gasteiger partial charge >= 0.3 is 22.6 Å². The summed E-state index contributed by atoms with van der Waals surface area (Å²) < 4.78 is 111. The maximum atomic E-state index is 14.1. The van der Waals surface area contributed by atoms with E-state index in [1.54, 1.807) is 12.3 Å². The fourth-order valence-electron chi connectivity index (χ4n) is 3.70. The van der Waals surface area contributed by atoms with E-state index in [-0.39, 0.29) is 24.1 Å². The van der Waals surface area contributed by atoms with Crippen molar-refractivity contribution in [3.8, 4) is 5.69 Å². The molecule has 1 aliphatic carbocycles. The molecule has 1 fully saturated rings. The standard InChI is InChI=1S/C22H21F6N5O2S/c1-31(2)36(34,35)33-14-16(13-20(8-9-20)22(26,27)28)30-19(33)12-18(21(23,24)25)15-4-6-17(7-5-15)32-11-3-10-29-32/h3-7,10-12,14H,8-9,13H2,1-2H3. The lowest BCUT2D eigenvalue weighted by Crippen LogP contribution is -2.29. The Bertz CT molecular complexity index is 1370. The molecule has 0 unspecified atom stereocenters. The van der Waals surface area contributed by atoms with Crippen LogP contribution in [0.1, 0.15) is 29.9 Å². The van der Waals surface area contributed by atoms with Gasteiger partial charge in [-0.3, -0.25) is 0 Å². The molecule has 1 saturated carbocycles. The fourth-order valence-corrected chi connectivity index (χ4v) is 4.64. The topological polar surface area (TPSA) is 73.0 Å². The number of hydrogen-bond acceptors (Lipinski definition) is 4. The molecule has 1 aliphatic rings. The number of imidazole rings is 1. The zero-order chi connectivity index (χ0) is 26.5. The Balaban J connectivity index is 1.81. The summed E-state index contributed by atoms with van der Waals surface area (Å²) in [5.41, 5.74) is -3.32. The fraction of sp³-hybridized carbons (Fsp3) is 0.364. The molecule has 4 rings (SSSR count). The Labute approximate surface area is 202 Å². The molecule has 0 saturated heterocycles. The van der Waals surface area contributed by atoms with Crippen LogP contribution in [-0.2, 0) is 16.6 Å². The average molecular weight is 533 g/mol. The van der Waals surface area contributed by atoms with Crippen LogP contribution in [0.3, 0.4) is 0 Å². The van der Waals surface area contributed by atoms with Crippen LogP contribution in [-0.4, -0.2) is 57.9 Å². The molecule has 0 radical (unpaired) electrons. The van der Waals surface area contributed by atoms with Crippen molar-refractivity contribution >= 4 is 21.9 Å². The molecular formula is C22H21F6N5O2S. The number of aromatic nitrogens is 4. The van der Waals surface area contributed by atoms with Crippen molar-refractivity contribution < 1.29 is 34.8 Å². The molecule has 2 aromatic heterocycles. The molecule has 0 N–H and O–H groups in total. The van der Waals surface area contributed by atoms with Crippen molar-refractivity contribution in [1.29, 1.82) is 0 Å². The molecule has 7 nitrogen and oxygen atoms in total.